The van der Waals surface area contributed by atoms with Crippen LogP contribution in [0.15, 0.2) is 36.5 Å². The molecule has 1 amide bonds. The number of H-pyrrole nitrogens is 1. The third kappa shape index (κ3) is 6.48. The molecule has 198 valence electrons. The number of carbonyl (C=O) groups excluding carboxylic acids is 1. The number of nitrogens with zero attached hydrogens (tertiary/aromatic N) is 4. The Hall–Kier alpha value is -3.41. The molecule has 0 aliphatic carbocycles. The van der Waals surface area contributed by atoms with E-state index >= 15 is 0 Å². The lowest BCUT2D eigenvalue weighted by atomic mass is 9.91. The van der Waals surface area contributed by atoms with E-state index in [2.05, 4.69) is 30.5 Å². The maximum Gasteiger partial charge on any atom is 0.230 e. The summed E-state index contributed by atoms with van der Waals surface area (Å²) in [6.07, 6.45) is 1.73. The van der Waals surface area contributed by atoms with Crippen LogP contribution in [-0.2, 0) is 14.3 Å². The van der Waals surface area contributed by atoms with Gasteiger partial charge in [-0.1, -0.05) is 6.92 Å². The zero-order valence-electron chi connectivity index (χ0n) is 21.7. The van der Waals surface area contributed by atoms with E-state index in [1.54, 1.807) is 24.4 Å². The first-order chi connectivity index (χ1) is 17.8. The fourth-order valence-corrected chi connectivity index (χ4v) is 3.83. The molecule has 1 aliphatic heterocycles. The van der Waals surface area contributed by atoms with Gasteiger partial charge in [-0.2, -0.15) is 0 Å². The van der Waals surface area contributed by atoms with Gasteiger partial charge in [-0.25, -0.2) is 19.3 Å². The van der Waals surface area contributed by atoms with Gasteiger partial charge >= 0.3 is 0 Å². The van der Waals surface area contributed by atoms with Gasteiger partial charge in [-0.05, 0) is 57.8 Å². The van der Waals surface area contributed by atoms with Crippen molar-refractivity contribution in [1.29, 1.82) is 0 Å². The topological polar surface area (TPSA) is 117 Å². The number of anilines is 1. The number of rotatable bonds is 10. The van der Waals surface area contributed by atoms with Gasteiger partial charge < -0.3 is 30.0 Å². The predicted molar refractivity (Wildman–Crippen MR) is 138 cm³/mol. The molecule has 1 saturated heterocycles. The highest BCUT2D eigenvalue weighted by Crippen LogP contribution is 2.35. The van der Waals surface area contributed by atoms with E-state index in [1.165, 1.54) is 12.1 Å². The second-order valence-electron chi connectivity index (χ2n) is 9.62. The van der Waals surface area contributed by atoms with Crippen molar-refractivity contribution in [3.8, 4) is 22.6 Å². The molecule has 0 bridgehead atoms. The summed E-state index contributed by atoms with van der Waals surface area (Å²) < 4.78 is 25.5. The maximum atomic E-state index is 13.6. The number of halogens is 1. The Morgan fingerprint density at radius 2 is 1.89 bits per heavy atom. The first-order valence-corrected chi connectivity index (χ1v) is 12.4. The number of imidazole rings is 1. The highest BCUT2D eigenvalue weighted by molar-refractivity contribution is 5.82. The third-order valence-corrected chi connectivity index (χ3v) is 6.01. The number of aromatic amines is 1. The lowest BCUT2D eigenvalue weighted by molar-refractivity contribution is -0.231. The zero-order valence-corrected chi connectivity index (χ0v) is 21.7. The van der Waals surface area contributed by atoms with Crippen LogP contribution in [0, 0.1) is 11.2 Å². The lowest BCUT2D eigenvalue weighted by Crippen LogP contribution is -2.48. The fraction of sp³-hybridized carbons (Fsp3) is 0.462. The Bertz CT molecular complexity index is 1190. The van der Waals surface area contributed by atoms with Crippen molar-refractivity contribution in [2.24, 2.45) is 5.41 Å². The minimum atomic E-state index is -0.792. The molecule has 11 heteroatoms. The SMILES string of the molecule is CCCNC(=O)C1(C)COC(c2nc(-c3ccc(F)cc3)c(-c3ccnc(NCCN(C)C)n3)[nH]2)OC1. The number of ether oxygens (including phenoxy) is 2. The monoisotopic (exact) mass is 511 g/mol. The number of likely N-dealkylation sites (N-methyl/N-ethyl adjacent to an activating group) is 1. The molecule has 0 atom stereocenters. The summed E-state index contributed by atoms with van der Waals surface area (Å²) in [5, 5.41) is 6.13. The van der Waals surface area contributed by atoms with E-state index in [0.717, 1.165) is 13.0 Å². The van der Waals surface area contributed by atoms with Gasteiger partial charge in [0.05, 0.1) is 35.7 Å². The number of carbonyl (C=O) groups is 1. The van der Waals surface area contributed by atoms with Gasteiger partial charge in [0.2, 0.25) is 18.1 Å². The molecule has 0 spiro atoms. The Kier molecular flexibility index (Phi) is 8.47. The molecule has 4 rings (SSSR count). The first-order valence-electron chi connectivity index (χ1n) is 12.4. The molecule has 3 N–H and O–H groups in total. The second kappa shape index (κ2) is 11.8. The highest BCUT2D eigenvalue weighted by atomic mass is 19.1. The molecule has 0 saturated carbocycles. The Morgan fingerprint density at radius 3 is 2.57 bits per heavy atom. The van der Waals surface area contributed by atoms with Crippen LogP contribution in [0.1, 0.15) is 32.4 Å². The van der Waals surface area contributed by atoms with Crippen molar-refractivity contribution in [3.63, 3.8) is 0 Å². The molecule has 10 nitrogen and oxygen atoms in total. The maximum absolute atomic E-state index is 13.6. The molecule has 0 radical (unpaired) electrons. The standard InChI is InChI=1S/C26H34FN7O3/c1-5-11-28-24(35)26(2)15-36-23(37-16-26)22-32-20(17-6-8-18(27)9-7-17)21(33-22)19-10-12-29-25(31-19)30-13-14-34(3)4/h6-10,12,23H,5,11,13-16H2,1-4H3,(H,28,35)(H,32,33)(H,29,30,31). The van der Waals surface area contributed by atoms with Crippen molar-refractivity contribution < 1.29 is 18.7 Å². The van der Waals surface area contributed by atoms with Crippen molar-refractivity contribution in [2.45, 2.75) is 26.6 Å². The number of hydrogen-bond donors (Lipinski definition) is 3. The van der Waals surface area contributed by atoms with Crippen LogP contribution in [-0.4, -0.2) is 77.7 Å². The van der Waals surface area contributed by atoms with Crippen LogP contribution in [0.2, 0.25) is 0 Å². The molecule has 2 aromatic heterocycles. The Morgan fingerprint density at radius 1 is 1.16 bits per heavy atom. The van der Waals surface area contributed by atoms with E-state index in [9.17, 15) is 9.18 Å². The summed E-state index contributed by atoms with van der Waals surface area (Å²) >= 11 is 0. The van der Waals surface area contributed by atoms with E-state index in [1.807, 2.05) is 27.9 Å². The van der Waals surface area contributed by atoms with Crippen molar-refractivity contribution in [2.75, 3.05) is 52.3 Å². The van der Waals surface area contributed by atoms with Crippen molar-refractivity contribution in [3.05, 3.63) is 48.2 Å². The summed E-state index contributed by atoms with van der Waals surface area (Å²) in [5.41, 5.74) is 1.73. The summed E-state index contributed by atoms with van der Waals surface area (Å²) in [4.78, 5) is 31.7. The van der Waals surface area contributed by atoms with Gasteiger partial charge in [-0.3, -0.25) is 4.79 Å². The van der Waals surface area contributed by atoms with Gasteiger partial charge in [0.1, 0.15) is 5.82 Å². The van der Waals surface area contributed by atoms with Crippen LogP contribution in [0.25, 0.3) is 22.6 Å². The van der Waals surface area contributed by atoms with Crippen molar-refractivity contribution >= 4 is 11.9 Å². The molecule has 1 aliphatic rings. The minimum Gasteiger partial charge on any atom is -0.355 e. The zero-order chi connectivity index (χ0) is 26.4. The third-order valence-electron chi connectivity index (χ3n) is 6.01. The predicted octanol–water partition coefficient (Wildman–Crippen LogP) is 3.22. The van der Waals surface area contributed by atoms with E-state index in [4.69, 9.17) is 14.5 Å². The Balaban J connectivity index is 1.60. The van der Waals surface area contributed by atoms with Crippen LogP contribution in [0.5, 0.6) is 0 Å². The molecular formula is C26H34FN7O3. The van der Waals surface area contributed by atoms with Crippen LogP contribution >= 0.6 is 0 Å². The van der Waals surface area contributed by atoms with Gasteiger partial charge in [0, 0.05) is 31.4 Å². The average molecular weight is 512 g/mol. The largest absolute Gasteiger partial charge is 0.355 e. The molecule has 3 aromatic rings. The molecular weight excluding hydrogens is 477 g/mol. The second-order valence-corrected chi connectivity index (χ2v) is 9.62. The van der Waals surface area contributed by atoms with Gasteiger partial charge in [-0.15, -0.1) is 0 Å². The lowest BCUT2D eigenvalue weighted by Gasteiger charge is -2.35. The summed E-state index contributed by atoms with van der Waals surface area (Å²) in [7, 11) is 3.99. The minimum absolute atomic E-state index is 0.102. The first kappa shape index (κ1) is 26.6. The van der Waals surface area contributed by atoms with Crippen LogP contribution in [0.3, 0.4) is 0 Å². The number of benzene rings is 1. The number of amides is 1. The van der Waals surface area contributed by atoms with E-state index in [0.29, 0.717) is 47.5 Å². The Labute approximate surface area is 216 Å². The number of hydrogen-bond acceptors (Lipinski definition) is 8. The quantitative estimate of drug-likeness (QED) is 0.380. The van der Waals surface area contributed by atoms with Crippen molar-refractivity contribution in [1.82, 2.24) is 30.2 Å². The fourth-order valence-electron chi connectivity index (χ4n) is 3.83. The van der Waals surface area contributed by atoms with Crippen LogP contribution in [0.4, 0.5) is 10.3 Å². The summed E-state index contributed by atoms with van der Waals surface area (Å²) in [6.45, 7) is 6.30. The number of aromatic nitrogens is 4. The van der Waals surface area contributed by atoms with E-state index in [-0.39, 0.29) is 24.9 Å². The van der Waals surface area contributed by atoms with Gasteiger partial charge in [0.15, 0.2) is 5.82 Å². The summed E-state index contributed by atoms with van der Waals surface area (Å²) in [6, 6.07) is 7.87. The molecule has 37 heavy (non-hydrogen) atoms. The number of nitrogens with one attached hydrogen (secondary N) is 3. The average Bonchev–Trinajstić information content (AvgIpc) is 3.33. The molecule has 1 aromatic carbocycles. The normalized spacial score (nSPS) is 19.7. The van der Waals surface area contributed by atoms with E-state index < -0.39 is 11.7 Å². The highest BCUT2D eigenvalue weighted by Gasteiger charge is 2.40. The molecule has 0 unspecified atom stereocenters. The van der Waals surface area contributed by atoms with Crippen LogP contribution < -0.4 is 10.6 Å². The molecule has 1 fully saturated rings. The van der Waals surface area contributed by atoms with Gasteiger partial charge in [0.25, 0.3) is 0 Å². The molecule has 3 heterocycles. The summed E-state index contributed by atoms with van der Waals surface area (Å²) in [5.74, 6) is 0.482. The smallest absolute Gasteiger partial charge is 0.230 e.